The van der Waals surface area contributed by atoms with Gasteiger partial charge in [-0.15, -0.1) is 0 Å². The Balaban J connectivity index is 1.67. The Bertz CT molecular complexity index is 744. The molecule has 0 unspecified atom stereocenters. The molecule has 1 aliphatic heterocycles. The van der Waals surface area contributed by atoms with Crippen molar-refractivity contribution >= 4 is 12.0 Å². The van der Waals surface area contributed by atoms with Crippen LogP contribution in [0.1, 0.15) is 5.56 Å². The van der Waals surface area contributed by atoms with Crippen LogP contribution in [0.25, 0.3) is 0 Å². The molecule has 0 radical (unpaired) electrons. The van der Waals surface area contributed by atoms with Gasteiger partial charge in [0.1, 0.15) is 11.6 Å². The third-order valence-corrected chi connectivity index (χ3v) is 4.33. The minimum Gasteiger partial charge on any atom is -0.496 e. The van der Waals surface area contributed by atoms with Crippen LogP contribution in [-0.4, -0.2) is 63.7 Å². The summed E-state index contributed by atoms with van der Waals surface area (Å²) in [5.74, 6) is 2.98. The molecule has 0 spiro atoms. The SMILES string of the molecule is COc1cc(OC)c(OC)cc1/C=N\N1CCN(c2ccccn2)CC1. The number of benzene rings is 1. The van der Waals surface area contributed by atoms with E-state index in [1.165, 1.54) is 0 Å². The van der Waals surface area contributed by atoms with E-state index in [4.69, 9.17) is 14.2 Å². The van der Waals surface area contributed by atoms with Gasteiger partial charge in [0.05, 0.1) is 40.6 Å². The maximum Gasteiger partial charge on any atom is 0.164 e. The molecule has 0 aliphatic carbocycles. The van der Waals surface area contributed by atoms with E-state index in [9.17, 15) is 0 Å². The van der Waals surface area contributed by atoms with Crippen molar-refractivity contribution in [2.75, 3.05) is 52.4 Å². The Morgan fingerprint density at radius 1 is 0.923 bits per heavy atom. The molecule has 1 aromatic heterocycles. The maximum atomic E-state index is 5.44. The summed E-state index contributed by atoms with van der Waals surface area (Å²) in [4.78, 5) is 6.67. The van der Waals surface area contributed by atoms with Gasteiger partial charge in [-0.1, -0.05) is 6.07 Å². The number of pyridine rings is 1. The van der Waals surface area contributed by atoms with E-state index in [1.807, 2.05) is 30.5 Å². The standard InChI is InChI=1S/C19H24N4O3/c1-24-16-13-18(26-3)17(25-2)12-15(16)14-21-23-10-8-22(9-11-23)19-6-4-5-7-20-19/h4-7,12-14H,8-11H2,1-3H3/b21-14-. The third kappa shape index (κ3) is 3.99. The van der Waals surface area contributed by atoms with E-state index in [2.05, 4.69) is 20.0 Å². The van der Waals surface area contributed by atoms with Crippen molar-refractivity contribution < 1.29 is 14.2 Å². The molecule has 2 heterocycles. The molecule has 3 rings (SSSR count). The van der Waals surface area contributed by atoms with Crippen molar-refractivity contribution in [3.63, 3.8) is 0 Å². The molecule has 1 saturated heterocycles. The molecule has 1 aliphatic rings. The fourth-order valence-corrected chi connectivity index (χ4v) is 2.88. The molecular weight excluding hydrogens is 332 g/mol. The molecule has 1 fully saturated rings. The van der Waals surface area contributed by atoms with Crippen molar-refractivity contribution in [2.45, 2.75) is 0 Å². The van der Waals surface area contributed by atoms with Gasteiger partial charge < -0.3 is 19.1 Å². The summed E-state index contributed by atoms with van der Waals surface area (Å²) >= 11 is 0. The second-order valence-electron chi connectivity index (χ2n) is 5.82. The number of rotatable bonds is 6. The largest absolute Gasteiger partial charge is 0.496 e. The fourth-order valence-electron chi connectivity index (χ4n) is 2.88. The lowest BCUT2D eigenvalue weighted by Crippen LogP contribution is -2.44. The topological polar surface area (TPSA) is 59.4 Å². The van der Waals surface area contributed by atoms with Crippen LogP contribution in [0.3, 0.4) is 0 Å². The van der Waals surface area contributed by atoms with Gasteiger partial charge in [0.2, 0.25) is 0 Å². The lowest BCUT2D eigenvalue weighted by Gasteiger charge is -2.33. The van der Waals surface area contributed by atoms with Crippen LogP contribution in [0.4, 0.5) is 5.82 Å². The van der Waals surface area contributed by atoms with Gasteiger partial charge in [0.25, 0.3) is 0 Å². The predicted octanol–water partition coefficient (Wildman–Crippen LogP) is 2.26. The van der Waals surface area contributed by atoms with Gasteiger partial charge in [-0.05, 0) is 18.2 Å². The average molecular weight is 356 g/mol. The molecule has 0 atom stereocenters. The summed E-state index contributed by atoms with van der Waals surface area (Å²) in [6.45, 7) is 3.44. The van der Waals surface area contributed by atoms with Crippen LogP contribution in [0.15, 0.2) is 41.6 Å². The number of methoxy groups -OCH3 is 3. The zero-order chi connectivity index (χ0) is 18.4. The lowest BCUT2D eigenvalue weighted by molar-refractivity contribution is 0.271. The predicted molar refractivity (Wildman–Crippen MR) is 102 cm³/mol. The molecule has 0 saturated carbocycles. The summed E-state index contributed by atoms with van der Waals surface area (Å²) < 4.78 is 16.1. The smallest absolute Gasteiger partial charge is 0.164 e. The van der Waals surface area contributed by atoms with Crippen LogP contribution >= 0.6 is 0 Å². The Hall–Kier alpha value is -2.96. The van der Waals surface area contributed by atoms with Crippen molar-refractivity contribution in [2.24, 2.45) is 5.10 Å². The molecule has 0 bridgehead atoms. The van der Waals surface area contributed by atoms with Crippen LogP contribution in [-0.2, 0) is 0 Å². The van der Waals surface area contributed by atoms with Crippen LogP contribution in [0, 0.1) is 0 Å². The van der Waals surface area contributed by atoms with Crippen LogP contribution < -0.4 is 19.1 Å². The highest BCUT2D eigenvalue weighted by atomic mass is 16.5. The maximum absolute atomic E-state index is 5.44. The van der Waals surface area contributed by atoms with E-state index < -0.39 is 0 Å². The molecule has 26 heavy (non-hydrogen) atoms. The van der Waals surface area contributed by atoms with Gasteiger partial charge in [-0.3, -0.25) is 5.01 Å². The Morgan fingerprint density at radius 2 is 1.62 bits per heavy atom. The number of hydrogen-bond donors (Lipinski definition) is 0. The van der Waals surface area contributed by atoms with Gasteiger partial charge in [0, 0.05) is 30.9 Å². The van der Waals surface area contributed by atoms with Crippen molar-refractivity contribution in [3.05, 3.63) is 42.1 Å². The number of aromatic nitrogens is 1. The highest BCUT2D eigenvalue weighted by molar-refractivity contribution is 5.85. The molecular formula is C19H24N4O3. The number of nitrogens with zero attached hydrogens (tertiary/aromatic N) is 4. The minimum atomic E-state index is 0.630. The van der Waals surface area contributed by atoms with Crippen molar-refractivity contribution in [1.29, 1.82) is 0 Å². The first kappa shape index (κ1) is 17.8. The summed E-state index contributed by atoms with van der Waals surface area (Å²) in [6, 6.07) is 9.65. The highest BCUT2D eigenvalue weighted by Crippen LogP contribution is 2.33. The first-order valence-corrected chi connectivity index (χ1v) is 8.50. The van der Waals surface area contributed by atoms with Gasteiger partial charge in [-0.2, -0.15) is 5.10 Å². The number of piperazine rings is 1. The summed E-state index contributed by atoms with van der Waals surface area (Å²) in [6.07, 6.45) is 3.63. The van der Waals surface area contributed by atoms with Crippen molar-refractivity contribution in [1.82, 2.24) is 9.99 Å². The first-order valence-electron chi connectivity index (χ1n) is 8.50. The van der Waals surface area contributed by atoms with Gasteiger partial charge >= 0.3 is 0 Å². The molecule has 7 heteroatoms. The van der Waals surface area contributed by atoms with Crippen LogP contribution in [0.5, 0.6) is 17.2 Å². The zero-order valence-electron chi connectivity index (χ0n) is 15.4. The second kappa shape index (κ2) is 8.42. The number of hydrazone groups is 1. The van der Waals surface area contributed by atoms with E-state index in [1.54, 1.807) is 33.6 Å². The molecule has 2 aromatic rings. The normalized spacial score (nSPS) is 14.6. The second-order valence-corrected chi connectivity index (χ2v) is 5.82. The Morgan fingerprint density at radius 3 is 2.23 bits per heavy atom. The molecule has 1 aromatic carbocycles. The summed E-state index contributed by atoms with van der Waals surface area (Å²) in [7, 11) is 4.85. The Labute approximate surface area is 153 Å². The summed E-state index contributed by atoms with van der Waals surface area (Å²) in [5, 5.41) is 6.66. The average Bonchev–Trinajstić information content (AvgIpc) is 2.72. The van der Waals surface area contributed by atoms with E-state index in [0.717, 1.165) is 37.6 Å². The van der Waals surface area contributed by atoms with E-state index in [-0.39, 0.29) is 0 Å². The third-order valence-electron chi connectivity index (χ3n) is 4.33. The van der Waals surface area contributed by atoms with Crippen LogP contribution in [0.2, 0.25) is 0 Å². The van der Waals surface area contributed by atoms with E-state index in [0.29, 0.717) is 17.2 Å². The minimum absolute atomic E-state index is 0.630. The fraction of sp³-hybridized carbons (Fsp3) is 0.368. The number of anilines is 1. The first-order chi connectivity index (χ1) is 12.7. The quantitative estimate of drug-likeness (QED) is 0.740. The number of ether oxygens (including phenoxy) is 3. The van der Waals surface area contributed by atoms with Gasteiger partial charge in [0.15, 0.2) is 11.5 Å². The molecule has 0 N–H and O–H groups in total. The summed E-state index contributed by atoms with van der Waals surface area (Å²) in [5.41, 5.74) is 0.845. The zero-order valence-corrected chi connectivity index (χ0v) is 15.4. The van der Waals surface area contributed by atoms with E-state index >= 15 is 0 Å². The monoisotopic (exact) mass is 356 g/mol. The highest BCUT2D eigenvalue weighted by Gasteiger charge is 2.17. The molecule has 7 nitrogen and oxygen atoms in total. The number of hydrogen-bond acceptors (Lipinski definition) is 7. The molecule has 0 amide bonds. The lowest BCUT2D eigenvalue weighted by atomic mass is 10.2. The Kier molecular flexibility index (Phi) is 5.78. The van der Waals surface area contributed by atoms with Gasteiger partial charge in [-0.25, -0.2) is 4.98 Å². The van der Waals surface area contributed by atoms with Crippen molar-refractivity contribution in [3.8, 4) is 17.2 Å². The molecule has 138 valence electrons.